The Kier molecular flexibility index (Phi) is 4.44. The van der Waals surface area contributed by atoms with Crippen molar-refractivity contribution in [3.05, 3.63) is 53.1 Å². The number of carbonyl (C=O) groups excluding carboxylic acids is 2. The van der Waals surface area contributed by atoms with Gasteiger partial charge in [0.2, 0.25) is 5.91 Å². The largest absolute Gasteiger partial charge is 0.326 e. The molecule has 0 saturated heterocycles. The second-order valence-electron chi connectivity index (χ2n) is 5.88. The Morgan fingerprint density at radius 2 is 1.92 bits per heavy atom. The SMILES string of the molecule is CC(=O)Nc1ccc(Cl)c(NC(=O)N2CC(C)c3ccccc32)c1. The molecular formula is C18H18ClN3O2. The van der Waals surface area contributed by atoms with Crippen molar-refractivity contribution < 1.29 is 9.59 Å². The summed E-state index contributed by atoms with van der Waals surface area (Å²) in [7, 11) is 0. The molecule has 1 unspecified atom stereocenters. The number of nitrogens with zero attached hydrogens (tertiary/aromatic N) is 1. The van der Waals surface area contributed by atoms with E-state index in [-0.39, 0.29) is 17.9 Å². The lowest BCUT2D eigenvalue weighted by molar-refractivity contribution is -0.114. The van der Waals surface area contributed by atoms with Gasteiger partial charge in [-0.1, -0.05) is 36.7 Å². The van der Waals surface area contributed by atoms with Crippen LogP contribution < -0.4 is 15.5 Å². The van der Waals surface area contributed by atoms with Crippen LogP contribution in [-0.4, -0.2) is 18.5 Å². The van der Waals surface area contributed by atoms with Crippen LogP contribution in [0, 0.1) is 0 Å². The van der Waals surface area contributed by atoms with Gasteiger partial charge in [0, 0.05) is 30.8 Å². The highest BCUT2D eigenvalue weighted by molar-refractivity contribution is 6.34. The fourth-order valence-electron chi connectivity index (χ4n) is 2.90. The summed E-state index contributed by atoms with van der Waals surface area (Å²) in [4.78, 5) is 25.6. The Labute approximate surface area is 145 Å². The summed E-state index contributed by atoms with van der Waals surface area (Å²) in [6, 6.07) is 12.6. The topological polar surface area (TPSA) is 61.4 Å². The maximum Gasteiger partial charge on any atom is 0.326 e. The minimum absolute atomic E-state index is 0.183. The van der Waals surface area contributed by atoms with Crippen LogP contribution in [0.1, 0.15) is 25.3 Å². The zero-order valence-electron chi connectivity index (χ0n) is 13.5. The van der Waals surface area contributed by atoms with Gasteiger partial charge in [-0.15, -0.1) is 0 Å². The molecule has 3 rings (SSSR count). The molecule has 1 heterocycles. The van der Waals surface area contributed by atoms with Gasteiger partial charge in [-0.25, -0.2) is 4.79 Å². The summed E-state index contributed by atoms with van der Waals surface area (Å²) >= 11 is 6.17. The molecule has 1 aliphatic rings. The van der Waals surface area contributed by atoms with Crippen LogP contribution in [0.25, 0.3) is 0 Å². The van der Waals surface area contributed by atoms with Gasteiger partial charge in [-0.05, 0) is 29.8 Å². The molecule has 0 saturated carbocycles. The Balaban J connectivity index is 1.82. The highest BCUT2D eigenvalue weighted by atomic mass is 35.5. The van der Waals surface area contributed by atoms with E-state index < -0.39 is 0 Å². The van der Waals surface area contributed by atoms with Crippen molar-refractivity contribution in [3.63, 3.8) is 0 Å². The van der Waals surface area contributed by atoms with Crippen LogP contribution in [0.3, 0.4) is 0 Å². The predicted molar refractivity (Wildman–Crippen MR) is 97.0 cm³/mol. The number of fused-ring (bicyclic) bond motifs is 1. The first-order valence-electron chi connectivity index (χ1n) is 7.70. The Morgan fingerprint density at radius 1 is 1.17 bits per heavy atom. The molecule has 2 aromatic carbocycles. The van der Waals surface area contributed by atoms with E-state index in [0.717, 1.165) is 11.3 Å². The van der Waals surface area contributed by atoms with Crippen molar-refractivity contribution in [1.29, 1.82) is 0 Å². The molecule has 5 nitrogen and oxygen atoms in total. The quantitative estimate of drug-likeness (QED) is 0.846. The number of rotatable bonds is 2. The molecule has 1 atom stereocenters. The van der Waals surface area contributed by atoms with E-state index in [2.05, 4.69) is 17.6 Å². The minimum Gasteiger partial charge on any atom is -0.326 e. The van der Waals surface area contributed by atoms with Gasteiger partial charge in [0.1, 0.15) is 0 Å². The van der Waals surface area contributed by atoms with E-state index in [9.17, 15) is 9.59 Å². The number of para-hydroxylation sites is 1. The van der Waals surface area contributed by atoms with E-state index in [4.69, 9.17) is 11.6 Å². The molecule has 0 radical (unpaired) electrons. The van der Waals surface area contributed by atoms with Crippen molar-refractivity contribution in [3.8, 4) is 0 Å². The maximum atomic E-state index is 12.7. The lowest BCUT2D eigenvalue weighted by Gasteiger charge is -2.19. The second-order valence-corrected chi connectivity index (χ2v) is 6.28. The number of benzene rings is 2. The van der Waals surface area contributed by atoms with Gasteiger partial charge < -0.3 is 10.6 Å². The summed E-state index contributed by atoms with van der Waals surface area (Å²) in [5.41, 5.74) is 3.12. The summed E-state index contributed by atoms with van der Waals surface area (Å²) in [5, 5.41) is 5.92. The van der Waals surface area contributed by atoms with Crippen molar-refractivity contribution >= 4 is 40.6 Å². The number of hydrogen-bond donors (Lipinski definition) is 2. The molecule has 6 heteroatoms. The third-order valence-electron chi connectivity index (χ3n) is 3.99. The van der Waals surface area contributed by atoms with Crippen LogP contribution >= 0.6 is 11.6 Å². The van der Waals surface area contributed by atoms with Crippen molar-refractivity contribution in [2.75, 3.05) is 22.1 Å². The normalized spacial score (nSPS) is 15.8. The van der Waals surface area contributed by atoms with Crippen molar-refractivity contribution in [2.24, 2.45) is 0 Å². The van der Waals surface area contributed by atoms with Crippen LogP contribution in [0.2, 0.25) is 5.02 Å². The standard InChI is InChI=1S/C18H18ClN3O2/c1-11-10-22(17-6-4-3-5-14(11)17)18(24)21-16-9-13(20-12(2)23)7-8-15(16)19/h3-9,11H,10H2,1-2H3,(H,20,23)(H,21,24). The molecule has 24 heavy (non-hydrogen) atoms. The first-order chi connectivity index (χ1) is 11.5. The van der Waals surface area contributed by atoms with Gasteiger partial charge in [0.15, 0.2) is 0 Å². The Bertz CT molecular complexity index is 807. The molecule has 2 aromatic rings. The fourth-order valence-corrected chi connectivity index (χ4v) is 3.06. The molecule has 0 spiro atoms. The van der Waals surface area contributed by atoms with Crippen molar-refractivity contribution in [1.82, 2.24) is 0 Å². The molecule has 1 aliphatic heterocycles. The minimum atomic E-state index is -0.242. The van der Waals surface area contributed by atoms with E-state index in [1.54, 1.807) is 23.1 Å². The van der Waals surface area contributed by atoms with Crippen molar-refractivity contribution in [2.45, 2.75) is 19.8 Å². The number of anilines is 3. The highest BCUT2D eigenvalue weighted by Gasteiger charge is 2.29. The van der Waals surface area contributed by atoms with Crippen LogP contribution in [0.5, 0.6) is 0 Å². The number of nitrogens with one attached hydrogen (secondary N) is 2. The van der Waals surface area contributed by atoms with Gasteiger partial charge in [0.25, 0.3) is 0 Å². The predicted octanol–water partition coefficient (Wildman–Crippen LogP) is 4.45. The Morgan fingerprint density at radius 3 is 2.67 bits per heavy atom. The first-order valence-corrected chi connectivity index (χ1v) is 8.08. The second kappa shape index (κ2) is 6.53. The van der Waals surface area contributed by atoms with E-state index in [1.165, 1.54) is 6.92 Å². The van der Waals surface area contributed by atoms with E-state index in [1.807, 2.05) is 24.3 Å². The van der Waals surface area contributed by atoms with Crippen LogP contribution in [0.4, 0.5) is 21.9 Å². The zero-order valence-corrected chi connectivity index (χ0v) is 14.2. The molecule has 124 valence electrons. The van der Waals surface area contributed by atoms with Gasteiger partial charge in [-0.3, -0.25) is 9.69 Å². The number of halogens is 1. The van der Waals surface area contributed by atoms with Crippen LogP contribution in [0.15, 0.2) is 42.5 Å². The summed E-state index contributed by atoms with van der Waals surface area (Å²) in [5.74, 6) is 0.102. The van der Waals surface area contributed by atoms with Crippen LogP contribution in [-0.2, 0) is 4.79 Å². The average molecular weight is 344 g/mol. The summed E-state index contributed by atoms with van der Waals surface area (Å²) in [6.45, 7) is 4.14. The van der Waals surface area contributed by atoms with Gasteiger partial charge in [0.05, 0.1) is 10.7 Å². The number of urea groups is 1. The molecule has 0 aromatic heterocycles. The lowest BCUT2D eigenvalue weighted by atomic mass is 10.0. The average Bonchev–Trinajstić information content (AvgIpc) is 2.88. The highest BCUT2D eigenvalue weighted by Crippen LogP contribution is 2.36. The van der Waals surface area contributed by atoms with E-state index >= 15 is 0 Å². The third kappa shape index (κ3) is 3.21. The smallest absolute Gasteiger partial charge is 0.326 e. The number of hydrogen-bond acceptors (Lipinski definition) is 2. The lowest BCUT2D eigenvalue weighted by Crippen LogP contribution is -2.33. The summed E-state index contributed by atoms with van der Waals surface area (Å²) in [6.07, 6.45) is 0. The molecule has 0 bridgehead atoms. The zero-order chi connectivity index (χ0) is 17.3. The molecule has 3 amide bonds. The van der Waals surface area contributed by atoms with Gasteiger partial charge in [-0.2, -0.15) is 0 Å². The molecule has 2 N–H and O–H groups in total. The third-order valence-corrected chi connectivity index (χ3v) is 4.32. The molecule has 0 fully saturated rings. The Hall–Kier alpha value is -2.53. The number of carbonyl (C=O) groups is 2. The fraction of sp³-hybridized carbons (Fsp3) is 0.222. The summed E-state index contributed by atoms with van der Waals surface area (Å²) < 4.78 is 0. The van der Waals surface area contributed by atoms with Gasteiger partial charge >= 0.3 is 6.03 Å². The number of amides is 3. The monoisotopic (exact) mass is 343 g/mol. The molecular weight excluding hydrogens is 326 g/mol. The first kappa shape index (κ1) is 16.3. The van der Waals surface area contributed by atoms with E-state index in [0.29, 0.717) is 22.9 Å². The maximum absolute atomic E-state index is 12.7. The molecule has 0 aliphatic carbocycles.